The Morgan fingerprint density at radius 3 is 2.71 bits per heavy atom. The standard InChI is InChI=1S/C23H19ClF2N2O4S2/c1-11-4-14(24)7-16(5-11)33-9-13-10-34-22-19(21(30)28(22)20(13)23(31)32)27-18(29)6-12-2-3-15(25)8-17(12)26/h2-5,7-8,19,22H,6,9-10H2,1H3,(H,27,29)(H,31,32)/t19?,22-/m1/s1. The monoisotopic (exact) mass is 524 g/mol. The van der Waals surface area contributed by atoms with Crippen molar-refractivity contribution in [2.24, 2.45) is 0 Å². The van der Waals surface area contributed by atoms with Crippen LogP contribution in [0.3, 0.4) is 0 Å². The molecule has 178 valence electrons. The van der Waals surface area contributed by atoms with Crippen LogP contribution in [0.5, 0.6) is 0 Å². The van der Waals surface area contributed by atoms with Crippen molar-refractivity contribution in [3.05, 3.63) is 75.5 Å². The van der Waals surface area contributed by atoms with Crippen LogP contribution in [-0.2, 0) is 20.8 Å². The third kappa shape index (κ3) is 5.08. The summed E-state index contributed by atoms with van der Waals surface area (Å²) in [6.45, 7) is 1.91. The number of amides is 2. The second-order valence-electron chi connectivity index (χ2n) is 7.88. The lowest BCUT2D eigenvalue weighted by atomic mass is 10.0. The topological polar surface area (TPSA) is 86.7 Å². The van der Waals surface area contributed by atoms with E-state index in [1.807, 2.05) is 19.1 Å². The fraction of sp³-hybridized carbons (Fsp3) is 0.261. The third-order valence-electron chi connectivity index (χ3n) is 5.36. The van der Waals surface area contributed by atoms with E-state index in [4.69, 9.17) is 11.6 Å². The Morgan fingerprint density at radius 1 is 1.26 bits per heavy atom. The van der Waals surface area contributed by atoms with Gasteiger partial charge in [0, 0.05) is 27.5 Å². The molecule has 0 spiro atoms. The highest BCUT2D eigenvalue weighted by Crippen LogP contribution is 2.41. The summed E-state index contributed by atoms with van der Waals surface area (Å²) in [6, 6.07) is 7.55. The predicted octanol–water partition coefficient (Wildman–Crippen LogP) is 4.00. The molecule has 1 saturated heterocycles. The van der Waals surface area contributed by atoms with Crippen LogP contribution in [0.15, 0.2) is 52.6 Å². The lowest BCUT2D eigenvalue weighted by molar-refractivity contribution is -0.150. The number of benzene rings is 2. The van der Waals surface area contributed by atoms with Crippen molar-refractivity contribution < 1.29 is 28.3 Å². The number of β-lactam (4-membered cyclic amide) rings is 1. The first kappa shape index (κ1) is 24.6. The summed E-state index contributed by atoms with van der Waals surface area (Å²) in [4.78, 5) is 39.2. The van der Waals surface area contributed by atoms with Crippen LogP contribution in [0.25, 0.3) is 0 Å². The normalized spacial score (nSPS) is 19.5. The average molecular weight is 525 g/mol. The molecule has 0 radical (unpaired) electrons. The van der Waals surface area contributed by atoms with E-state index in [0.717, 1.165) is 16.5 Å². The Morgan fingerprint density at radius 2 is 2.03 bits per heavy atom. The molecular weight excluding hydrogens is 506 g/mol. The molecule has 0 saturated carbocycles. The Bertz CT molecular complexity index is 1200. The van der Waals surface area contributed by atoms with Crippen LogP contribution < -0.4 is 5.32 Å². The molecule has 0 aromatic heterocycles. The zero-order valence-corrected chi connectivity index (χ0v) is 20.2. The first-order valence-corrected chi connectivity index (χ1v) is 12.6. The number of fused-ring (bicyclic) bond motifs is 1. The van der Waals surface area contributed by atoms with Crippen LogP contribution in [0, 0.1) is 18.6 Å². The number of nitrogens with zero attached hydrogens (tertiary/aromatic N) is 1. The minimum atomic E-state index is -1.21. The minimum Gasteiger partial charge on any atom is -0.477 e. The Hall–Kier alpha value is -2.56. The summed E-state index contributed by atoms with van der Waals surface area (Å²) in [7, 11) is 0. The molecule has 1 unspecified atom stereocenters. The van der Waals surface area contributed by atoms with Gasteiger partial charge in [0.15, 0.2) is 0 Å². The predicted molar refractivity (Wildman–Crippen MR) is 127 cm³/mol. The van der Waals surface area contributed by atoms with E-state index in [1.165, 1.54) is 34.5 Å². The average Bonchev–Trinajstić information content (AvgIpc) is 2.76. The van der Waals surface area contributed by atoms with Gasteiger partial charge in [-0.05, 0) is 47.9 Å². The largest absolute Gasteiger partial charge is 0.477 e. The van der Waals surface area contributed by atoms with Crippen molar-refractivity contribution >= 4 is 52.9 Å². The van der Waals surface area contributed by atoms with Crippen LogP contribution >= 0.6 is 35.1 Å². The second kappa shape index (κ2) is 9.97. The summed E-state index contributed by atoms with van der Waals surface area (Å²) in [5.74, 6) is -3.22. The highest BCUT2D eigenvalue weighted by Gasteiger charge is 2.54. The van der Waals surface area contributed by atoms with E-state index < -0.39 is 40.8 Å². The van der Waals surface area contributed by atoms with E-state index in [2.05, 4.69) is 5.32 Å². The number of rotatable bonds is 7. The molecule has 1 fully saturated rings. The molecule has 2 aliphatic heterocycles. The van der Waals surface area contributed by atoms with Gasteiger partial charge in [-0.1, -0.05) is 17.7 Å². The molecular formula is C23H19ClF2N2O4S2. The first-order valence-electron chi connectivity index (χ1n) is 10.2. The van der Waals surface area contributed by atoms with E-state index in [9.17, 15) is 28.3 Å². The fourth-order valence-electron chi connectivity index (χ4n) is 3.81. The quantitative estimate of drug-likeness (QED) is 0.420. The SMILES string of the molecule is Cc1cc(Cl)cc(SCC2=C(C(=O)O)N3C(=O)C(NC(=O)Cc4ccc(F)cc4F)[C@H]3SC2)c1. The number of carbonyl (C=O) groups excluding carboxylic acids is 2. The van der Waals surface area contributed by atoms with Gasteiger partial charge in [-0.15, -0.1) is 23.5 Å². The molecule has 2 aliphatic rings. The molecule has 34 heavy (non-hydrogen) atoms. The van der Waals surface area contributed by atoms with E-state index in [-0.39, 0.29) is 17.7 Å². The maximum Gasteiger partial charge on any atom is 0.352 e. The zero-order chi connectivity index (χ0) is 24.6. The van der Waals surface area contributed by atoms with Crippen molar-refractivity contribution in [3.63, 3.8) is 0 Å². The van der Waals surface area contributed by atoms with Gasteiger partial charge in [0.25, 0.3) is 5.91 Å². The molecule has 4 rings (SSSR count). The first-order chi connectivity index (χ1) is 16.1. The van der Waals surface area contributed by atoms with Gasteiger partial charge >= 0.3 is 5.97 Å². The van der Waals surface area contributed by atoms with Crippen molar-refractivity contribution in [2.45, 2.75) is 29.7 Å². The number of halogens is 3. The van der Waals surface area contributed by atoms with Crippen LogP contribution in [-0.4, -0.2) is 50.7 Å². The zero-order valence-electron chi connectivity index (χ0n) is 17.8. The van der Waals surface area contributed by atoms with Gasteiger partial charge in [-0.2, -0.15) is 0 Å². The van der Waals surface area contributed by atoms with Crippen molar-refractivity contribution in [1.29, 1.82) is 0 Å². The number of nitrogens with one attached hydrogen (secondary N) is 1. The number of hydrogen-bond donors (Lipinski definition) is 2. The van der Waals surface area contributed by atoms with Gasteiger partial charge in [-0.3, -0.25) is 14.5 Å². The molecule has 2 aromatic rings. The molecule has 2 atom stereocenters. The summed E-state index contributed by atoms with van der Waals surface area (Å²) in [5.41, 5.74) is 1.51. The molecule has 2 heterocycles. The van der Waals surface area contributed by atoms with Crippen LogP contribution in [0.4, 0.5) is 8.78 Å². The number of aliphatic carboxylic acids is 1. The molecule has 0 bridgehead atoms. The Labute approximate surface area is 207 Å². The molecule has 2 N–H and O–H groups in total. The third-order valence-corrected chi connectivity index (χ3v) is 7.98. The summed E-state index contributed by atoms with van der Waals surface area (Å²) < 4.78 is 26.9. The number of thioether (sulfide) groups is 2. The molecule has 2 aromatic carbocycles. The van der Waals surface area contributed by atoms with Crippen molar-refractivity contribution in [1.82, 2.24) is 10.2 Å². The smallest absolute Gasteiger partial charge is 0.352 e. The summed E-state index contributed by atoms with van der Waals surface area (Å²) in [5, 5.41) is 12.4. The minimum absolute atomic E-state index is 0.000472. The summed E-state index contributed by atoms with van der Waals surface area (Å²) >= 11 is 8.88. The lowest BCUT2D eigenvalue weighted by Crippen LogP contribution is -2.70. The van der Waals surface area contributed by atoms with Gasteiger partial charge < -0.3 is 10.4 Å². The molecule has 2 amide bonds. The Kier molecular flexibility index (Phi) is 7.20. The number of carbonyl (C=O) groups is 3. The second-order valence-corrected chi connectivity index (χ2v) is 10.5. The lowest BCUT2D eigenvalue weighted by Gasteiger charge is -2.49. The highest BCUT2D eigenvalue weighted by molar-refractivity contribution is 8.01. The Balaban J connectivity index is 1.44. The van der Waals surface area contributed by atoms with E-state index in [0.29, 0.717) is 28.2 Å². The highest BCUT2D eigenvalue weighted by atomic mass is 35.5. The maximum atomic E-state index is 13.8. The number of carboxylic acids is 1. The van der Waals surface area contributed by atoms with Gasteiger partial charge in [0.2, 0.25) is 5.91 Å². The van der Waals surface area contributed by atoms with Crippen LogP contribution in [0.2, 0.25) is 5.02 Å². The van der Waals surface area contributed by atoms with Crippen molar-refractivity contribution in [3.8, 4) is 0 Å². The number of carboxylic acid groups (broad SMARTS) is 1. The van der Waals surface area contributed by atoms with Crippen LogP contribution in [0.1, 0.15) is 11.1 Å². The van der Waals surface area contributed by atoms with Gasteiger partial charge in [0.05, 0.1) is 6.42 Å². The number of hydrogen-bond acceptors (Lipinski definition) is 5. The van der Waals surface area contributed by atoms with E-state index >= 15 is 0 Å². The fourth-order valence-corrected chi connectivity index (χ4v) is 6.70. The molecule has 11 heteroatoms. The summed E-state index contributed by atoms with van der Waals surface area (Å²) in [6.07, 6.45) is -0.365. The van der Waals surface area contributed by atoms with E-state index in [1.54, 1.807) is 6.07 Å². The van der Waals surface area contributed by atoms with Gasteiger partial charge in [0.1, 0.15) is 28.7 Å². The van der Waals surface area contributed by atoms with Gasteiger partial charge in [-0.25, -0.2) is 13.6 Å². The molecule has 0 aliphatic carbocycles. The van der Waals surface area contributed by atoms with Crippen molar-refractivity contribution in [2.75, 3.05) is 11.5 Å². The molecule has 6 nitrogen and oxygen atoms in total. The maximum absolute atomic E-state index is 13.8. The number of aryl methyl sites for hydroxylation is 1.